The van der Waals surface area contributed by atoms with Crippen LogP contribution < -0.4 is 5.32 Å². The number of rotatable bonds is 3. The Bertz CT molecular complexity index is 498. The van der Waals surface area contributed by atoms with Crippen LogP contribution in [0.25, 0.3) is 0 Å². The molecule has 1 saturated heterocycles. The molecule has 2 atom stereocenters. The molecule has 3 heteroatoms. The van der Waals surface area contributed by atoms with Crippen LogP contribution in [0, 0.1) is 0 Å². The van der Waals surface area contributed by atoms with E-state index in [0.717, 1.165) is 32.2 Å². The van der Waals surface area contributed by atoms with Gasteiger partial charge in [0, 0.05) is 12.6 Å². The molecular weight excluding hydrogens is 248 g/mol. The normalized spacial score (nSPS) is 26.1. The zero-order valence-electron chi connectivity index (χ0n) is 12.4. The van der Waals surface area contributed by atoms with E-state index in [0.29, 0.717) is 18.0 Å². The number of nitrogens with zero attached hydrogens (tertiary/aromatic N) is 1. The van der Waals surface area contributed by atoms with Gasteiger partial charge in [-0.1, -0.05) is 38.1 Å². The van der Waals surface area contributed by atoms with Gasteiger partial charge in [-0.15, -0.1) is 0 Å². The summed E-state index contributed by atoms with van der Waals surface area (Å²) in [7, 11) is 0. The number of hydrogen-bond acceptors (Lipinski definition) is 2. The van der Waals surface area contributed by atoms with Crippen molar-refractivity contribution in [3.63, 3.8) is 0 Å². The van der Waals surface area contributed by atoms with Gasteiger partial charge in [0.2, 0.25) is 5.91 Å². The first-order valence-electron chi connectivity index (χ1n) is 7.81. The number of hydrogen-bond donors (Lipinski definition) is 1. The highest BCUT2D eigenvalue weighted by Crippen LogP contribution is 2.37. The van der Waals surface area contributed by atoms with E-state index in [4.69, 9.17) is 0 Å². The first kappa shape index (κ1) is 13.6. The van der Waals surface area contributed by atoms with Crippen molar-refractivity contribution < 1.29 is 4.79 Å². The van der Waals surface area contributed by atoms with E-state index in [-0.39, 0.29) is 6.04 Å². The first-order valence-corrected chi connectivity index (χ1v) is 7.81. The number of piperidine rings is 1. The number of carbonyl (C=O) groups is 1. The van der Waals surface area contributed by atoms with Crippen molar-refractivity contribution in [1.29, 1.82) is 0 Å². The largest absolute Gasteiger partial charge is 0.334 e. The molecule has 20 heavy (non-hydrogen) atoms. The van der Waals surface area contributed by atoms with Crippen LogP contribution >= 0.6 is 0 Å². The Morgan fingerprint density at radius 2 is 2.05 bits per heavy atom. The first-order chi connectivity index (χ1) is 9.66. The van der Waals surface area contributed by atoms with E-state index in [1.807, 2.05) is 0 Å². The SMILES string of the molecule is CC(C)NC1CCCN(C2CCc3ccccc32)C1=O. The van der Waals surface area contributed by atoms with Crippen LogP contribution in [0.5, 0.6) is 0 Å². The molecular formula is C17H24N2O. The third-order valence-corrected chi connectivity index (χ3v) is 4.48. The Kier molecular flexibility index (Phi) is 3.79. The predicted molar refractivity (Wildman–Crippen MR) is 80.5 cm³/mol. The summed E-state index contributed by atoms with van der Waals surface area (Å²) < 4.78 is 0. The lowest BCUT2D eigenvalue weighted by Gasteiger charge is -2.38. The van der Waals surface area contributed by atoms with E-state index < -0.39 is 0 Å². The molecule has 1 aromatic carbocycles. The fraction of sp³-hybridized carbons (Fsp3) is 0.588. The lowest BCUT2D eigenvalue weighted by molar-refractivity contribution is -0.138. The molecule has 0 aromatic heterocycles. The molecule has 1 aliphatic carbocycles. The van der Waals surface area contributed by atoms with E-state index in [2.05, 4.69) is 48.3 Å². The number of likely N-dealkylation sites (tertiary alicyclic amines) is 1. The molecule has 1 aromatic rings. The van der Waals surface area contributed by atoms with Gasteiger partial charge in [-0.25, -0.2) is 0 Å². The monoisotopic (exact) mass is 272 g/mol. The fourth-order valence-electron chi connectivity index (χ4n) is 3.62. The van der Waals surface area contributed by atoms with Crippen LogP contribution in [0.1, 0.15) is 50.3 Å². The van der Waals surface area contributed by atoms with Gasteiger partial charge in [-0.05, 0) is 36.8 Å². The molecule has 2 aliphatic rings. The molecule has 0 saturated carbocycles. The second-order valence-electron chi connectivity index (χ2n) is 6.30. The number of benzene rings is 1. The minimum Gasteiger partial charge on any atom is -0.334 e. The Morgan fingerprint density at radius 1 is 1.25 bits per heavy atom. The Labute approximate surface area is 121 Å². The Morgan fingerprint density at radius 3 is 2.85 bits per heavy atom. The number of amides is 1. The second-order valence-corrected chi connectivity index (χ2v) is 6.30. The minimum atomic E-state index is 0.0107. The summed E-state index contributed by atoms with van der Waals surface area (Å²) in [6, 6.07) is 9.26. The summed E-state index contributed by atoms with van der Waals surface area (Å²) in [5.41, 5.74) is 2.79. The van der Waals surface area contributed by atoms with E-state index in [9.17, 15) is 4.79 Å². The maximum absolute atomic E-state index is 12.7. The van der Waals surface area contributed by atoms with Gasteiger partial charge in [0.1, 0.15) is 0 Å². The van der Waals surface area contributed by atoms with Crippen LogP contribution in [0.4, 0.5) is 0 Å². The average molecular weight is 272 g/mol. The summed E-state index contributed by atoms with van der Waals surface area (Å²) in [5.74, 6) is 0.298. The zero-order valence-corrected chi connectivity index (χ0v) is 12.4. The Balaban J connectivity index is 1.79. The number of fused-ring (bicyclic) bond motifs is 1. The lowest BCUT2D eigenvalue weighted by atomic mass is 9.99. The van der Waals surface area contributed by atoms with Crippen LogP contribution in [-0.2, 0) is 11.2 Å². The van der Waals surface area contributed by atoms with Gasteiger partial charge in [-0.2, -0.15) is 0 Å². The summed E-state index contributed by atoms with van der Waals surface area (Å²) in [6.45, 7) is 5.13. The van der Waals surface area contributed by atoms with Crippen molar-refractivity contribution in [3.05, 3.63) is 35.4 Å². The number of nitrogens with one attached hydrogen (secondary N) is 1. The molecule has 1 aliphatic heterocycles. The Hall–Kier alpha value is -1.35. The van der Waals surface area contributed by atoms with Gasteiger partial charge in [0.05, 0.1) is 12.1 Å². The van der Waals surface area contributed by atoms with Crippen LogP contribution in [0.15, 0.2) is 24.3 Å². The maximum Gasteiger partial charge on any atom is 0.240 e. The maximum atomic E-state index is 12.7. The lowest BCUT2D eigenvalue weighted by Crippen LogP contribution is -2.53. The molecule has 1 fully saturated rings. The molecule has 3 rings (SSSR count). The molecule has 2 unspecified atom stereocenters. The molecule has 3 nitrogen and oxygen atoms in total. The molecule has 0 bridgehead atoms. The van der Waals surface area contributed by atoms with E-state index in [1.54, 1.807) is 0 Å². The second kappa shape index (κ2) is 5.57. The predicted octanol–water partition coefficient (Wildman–Crippen LogP) is 2.66. The van der Waals surface area contributed by atoms with Gasteiger partial charge >= 0.3 is 0 Å². The highest BCUT2D eigenvalue weighted by atomic mass is 16.2. The molecule has 1 amide bonds. The van der Waals surface area contributed by atoms with Gasteiger partial charge in [-0.3, -0.25) is 4.79 Å². The highest BCUT2D eigenvalue weighted by Gasteiger charge is 2.36. The molecule has 0 radical (unpaired) electrons. The fourth-order valence-corrected chi connectivity index (χ4v) is 3.62. The van der Waals surface area contributed by atoms with Crippen LogP contribution in [0.2, 0.25) is 0 Å². The molecule has 0 spiro atoms. The van der Waals surface area contributed by atoms with Crippen molar-refractivity contribution in [3.8, 4) is 0 Å². The highest BCUT2D eigenvalue weighted by molar-refractivity contribution is 5.83. The van der Waals surface area contributed by atoms with Gasteiger partial charge in [0.15, 0.2) is 0 Å². The standard InChI is InChI=1S/C17H24N2O/c1-12(2)18-15-8-5-11-19(17(15)20)16-10-9-13-6-3-4-7-14(13)16/h3-4,6-7,12,15-16,18H,5,8-11H2,1-2H3. The van der Waals surface area contributed by atoms with Gasteiger partial charge in [0.25, 0.3) is 0 Å². The third kappa shape index (κ3) is 2.47. The topological polar surface area (TPSA) is 32.3 Å². The smallest absolute Gasteiger partial charge is 0.240 e. The van der Waals surface area contributed by atoms with Crippen LogP contribution in [-0.4, -0.2) is 29.4 Å². The molecule has 108 valence electrons. The van der Waals surface area contributed by atoms with E-state index >= 15 is 0 Å². The van der Waals surface area contributed by atoms with Gasteiger partial charge < -0.3 is 10.2 Å². The van der Waals surface area contributed by atoms with Crippen molar-refractivity contribution in [2.45, 2.75) is 57.7 Å². The quantitative estimate of drug-likeness (QED) is 0.917. The molecule has 1 N–H and O–H groups in total. The average Bonchev–Trinajstić information content (AvgIpc) is 2.85. The van der Waals surface area contributed by atoms with Crippen molar-refractivity contribution in [2.75, 3.05) is 6.54 Å². The number of carbonyl (C=O) groups excluding carboxylic acids is 1. The van der Waals surface area contributed by atoms with Crippen molar-refractivity contribution >= 4 is 5.91 Å². The zero-order chi connectivity index (χ0) is 14.1. The van der Waals surface area contributed by atoms with Crippen molar-refractivity contribution in [1.82, 2.24) is 10.2 Å². The summed E-state index contributed by atoms with van der Waals surface area (Å²) >= 11 is 0. The van der Waals surface area contributed by atoms with Crippen LogP contribution in [0.3, 0.4) is 0 Å². The van der Waals surface area contributed by atoms with Crippen molar-refractivity contribution in [2.24, 2.45) is 0 Å². The minimum absolute atomic E-state index is 0.0107. The number of aryl methyl sites for hydroxylation is 1. The summed E-state index contributed by atoms with van der Waals surface area (Å²) in [4.78, 5) is 14.8. The molecule has 1 heterocycles. The van der Waals surface area contributed by atoms with E-state index in [1.165, 1.54) is 11.1 Å². The summed E-state index contributed by atoms with van der Waals surface area (Å²) in [5, 5.41) is 3.42. The summed E-state index contributed by atoms with van der Waals surface area (Å²) in [6.07, 6.45) is 4.27. The third-order valence-electron chi connectivity index (χ3n) is 4.48.